The molecule has 0 unspecified atom stereocenters. The second kappa shape index (κ2) is 6.90. The summed E-state index contributed by atoms with van der Waals surface area (Å²) in [5.74, 6) is 0.163. The number of nitrogens with zero attached hydrogens (tertiary/aromatic N) is 1. The van der Waals surface area contributed by atoms with Crippen molar-refractivity contribution in [3.8, 4) is 5.75 Å². The van der Waals surface area contributed by atoms with Gasteiger partial charge in [0, 0.05) is 11.6 Å². The van der Waals surface area contributed by atoms with Gasteiger partial charge in [0.05, 0.1) is 17.7 Å². The zero-order chi connectivity index (χ0) is 15.2. The summed E-state index contributed by atoms with van der Waals surface area (Å²) in [6.07, 6.45) is 6.95. The summed E-state index contributed by atoms with van der Waals surface area (Å²) in [5, 5.41) is 24.2. The fraction of sp³-hybridized carbons (Fsp3) is 0.235. The van der Waals surface area contributed by atoms with Crippen LogP contribution < -0.4 is 5.32 Å². The Morgan fingerprint density at radius 1 is 1.38 bits per heavy atom. The Hall–Kier alpha value is -2.33. The Morgan fingerprint density at radius 2 is 2.19 bits per heavy atom. The normalized spacial score (nSPS) is 14.2. The summed E-state index contributed by atoms with van der Waals surface area (Å²) in [5.41, 5.74) is 1.50. The van der Waals surface area contributed by atoms with E-state index < -0.39 is 6.10 Å². The van der Waals surface area contributed by atoms with Gasteiger partial charge in [0.25, 0.3) is 0 Å². The van der Waals surface area contributed by atoms with Gasteiger partial charge in [-0.25, -0.2) is 0 Å². The summed E-state index contributed by atoms with van der Waals surface area (Å²) in [6.45, 7) is 5.62. The zero-order valence-corrected chi connectivity index (χ0v) is 12.0. The third-order valence-electron chi connectivity index (χ3n) is 3.44. The standard InChI is InChI=1S/C17H20N2O2/c1-3-5-9-18-15(4-2)17(21)13-8-10-19-16-7-6-12(20)11-14(13)16/h3,5-11,15,17-18,20-21H,1,4H2,2H3/b9-5+/t15-,17+/m1/s1. The predicted octanol–water partition coefficient (Wildman–Crippen LogP) is 3.04. The van der Waals surface area contributed by atoms with Crippen LogP contribution in [0.15, 0.2) is 55.4 Å². The predicted molar refractivity (Wildman–Crippen MR) is 84.9 cm³/mol. The van der Waals surface area contributed by atoms with Crippen molar-refractivity contribution in [2.75, 3.05) is 0 Å². The number of phenols is 1. The van der Waals surface area contributed by atoms with Gasteiger partial charge in [0.15, 0.2) is 0 Å². The number of fused-ring (bicyclic) bond motifs is 1. The number of hydrogen-bond donors (Lipinski definition) is 3. The summed E-state index contributed by atoms with van der Waals surface area (Å²) >= 11 is 0. The second-order valence-corrected chi connectivity index (χ2v) is 4.82. The molecule has 4 nitrogen and oxygen atoms in total. The van der Waals surface area contributed by atoms with Crippen molar-refractivity contribution in [3.05, 3.63) is 61.0 Å². The number of phenolic OH excluding ortho intramolecular Hbond substituents is 1. The van der Waals surface area contributed by atoms with Crippen molar-refractivity contribution in [1.82, 2.24) is 10.3 Å². The number of aromatic hydroxyl groups is 1. The van der Waals surface area contributed by atoms with Gasteiger partial charge >= 0.3 is 0 Å². The molecule has 0 fully saturated rings. The number of nitrogens with one attached hydrogen (secondary N) is 1. The van der Waals surface area contributed by atoms with Crippen LogP contribution in [0.2, 0.25) is 0 Å². The summed E-state index contributed by atoms with van der Waals surface area (Å²) in [6, 6.07) is 6.62. The molecule has 2 rings (SSSR count). The van der Waals surface area contributed by atoms with Gasteiger partial charge < -0.3 is 15.5 Å². The van der Waals surface area contributed by atoms with Crippen LogP contribution in [0.4, 0.5) is 0 Å². The van der Waals surface area contributed by atoms with Crippen molar-refractivity contribution >= 4 is 10.9 Å². The Bertz CT molecular complexity index is 652. The van der Waals surface area contributed by atoms with Crippen LogP contribution in [0.1, 0.15) is 25.0 Å². The van der Waals surface area contributed by atoms with E-state index in [-0.39, 0.29) is 11.8 Å². The first kappa shape index (κ1) is 15.1. The number of pyridine rings is 1. The molecule has 1 aromatic carbocycles. The molecule has 0 radical (unpaired) electrons. The topological polar surface area (TPSA) is 65.4 Å². The number of allylic oxidation sites excluding steroid dienone is 2. The molecule has 1 heterocycles. The Kier molecular flexibility index (Phi) is 4.95. The van der Waals surface area contributed by atoms with E-state index >= 15 is 0 Å². The lowest BCUT2D eigenvalue weighted by molar-refractivity contribution is 0.134. The lowest BCUT2D eigenvalue weighted by atomic mass is 9.97. The molecular weight excluding hydrogens is 264 g/mol. The first-order valence-corrected chi connectivity index (χ1v) is 6.96. The van der Waals surface area contributed by atoms with E-state index in [1.807, 2.05) is 6.92 Å². The highest BCUT2D eigenvalue weighted by molar-refractivity contribution is 5.83. The minimum atomic E-state index is -0.697. The number of hydrogen-bond acceptors (Lipinski definition) is 4. The molecule has 0 bridgehead atoms. The minimum Gasteiger partial charge on any atom is -0.508 e. The highest BCUT2D eigenvalue weighted by atomic mass is 16.3. The molecule has 2 aromatic rings. The smallest absolute Gasteiger partial charge is 0.116 e. The molecule has 4 heteroatoms. The van der Waals surface area contributed by atoms with Gasteiger partial charge in [0.1, 0.15) is 5.75 Å². The molecule has 0 aliphatic carbocycles. The Balaban J connectivity index is 2.37. The van der Waals surface area contributed by atoms with Crippen LogP contribution in [-0.4, -0.2) is 21.2 Å². The average molecular weight is 284 g/mol. The Labute approximate surface area is 124 Å². The quantitative estimate of drug-likeness (QED) is 0.713. The molecule has 3 N–H and O–H groups in total. The number of aliphatic hydroxyl groups excluding tert-OH is 1. The van der Waals surface area contributed by atoms with Crippen molar-refractivity contribution in [2.45, 2.75) is 25.5 Å². The van der Waals surface area contributed by atoms with E-state index in [1.54, 1.807) is 48.8 Å². The van der Waals surface area contributed by atoms with Crippen molar-refractivity contribution in [3.63, 3.8) is 0 Å². The van der Waals surface area contributed by atoms with Gasteiger partial charge in [0.2, 0.25) is 0 Å². The SMILES string of the molecule is C=C/C=C/N[C@H](CC)[C@@H](O)c1ccnc2ccc(O)cc12. The highest BCUT2D eigenvalue weighted by Gasteiger charge is 2.20. The zero-order valence-electron chi connectivity index (χ0n) is 12.0. The van der Waals surface area contributed by atoms with Gasteiger partial charge in [-0.1, -0.05) is 19.6 Å². The first-order valence-electron chi connectivity index (χ1n) is 6.96. The van der Waals surface area contributed by atoms with Gasteiger partial charge in [-0.15, -0.1) is 0 Å². The number of benzene rings is 1. The number of rotatable bonds is 6. The lowest BCUT2D eigenvalue weighted by Crippen LogP contribution is -2.30. The van der Waals surface area contributed by atoms with E-state index in [0.717, 1.165) is 22.9 Å². The monoisotopic (exact) mass is 284 g/mol. The highest BCUT2D eigenvalue weighted by Crippen LogP contribution is 2.28. The molecule has 0 saturated heterocycles. The van der Waals surface area contributed by atoms with E-state index in [1.165, 1.54) is 0 Å². The molecule has 0 saturated carbocycles. The molecule has 1 aromatic heterocycles. The van der Waals surface area contributed by atoms with E-state index in [2.05, 4.69) is 16.9 Å². The average Bonchev–Trinajstić information content (AvgIpc) is 2.50. The summed E-state index contributed by atoms with van der Waals surface area (Å²) in [4.78, 5) is 4.26. The van der Waals surface area contributed by atoms with Crippen LogP contribution in [0.25, 0.3) is 10.9 Å². The number of aromatic nitrogens is 1. The van der Waals surface area contributed by atoms with Gasteiger partial charge in [-0.3, -0.25) is 4.98 Å². The third kappa shape index (κ3) is 3.41. The van der Waals surface area contributed by atoms with E-state index in [4.69, 9.17) is 0 Å². The Morgan fingerprint density at radius 3 is 2.90 bits per heavy atom. The van der Waals surface area contributed by atoms with Crippen molar-refractivity contribution < 1.29 is 10.2 Å². The third-order valence-corrected chi connectivity index (χ3v) is 3.44. The van der Waals surface area contributed by atoms with Crippen LogP contribution in [0.5, 0.6) is 5.75 Å². The minimum absolute atomic E-state index is 0.130. The molecule has 0 aliphatic heterocycles. The van der Waals surface area contributed by atoms with E-state index in [0.29, 0.717) is 0 Å². The fourth-order valence-electron chi connectivity index (χ4n) is 2.31. The summed E-state index contributed by atoms with van der Waals surface area (Å²) < 4.78 is 0. The second-order valence-electron chi connectivity index (χ2n) is 4.82. The van der Waals surface area contributed by atoms with Crippen molar-refractivity contribution in [2.24, 2.45) is 0 Å². The largest absolute Gasteiger partial charge is 0.508 e. The van der Waals surface area contributed by atoms with Gasteiger partial charge in [-0.05, 0) is 48.5 Å². The van der Waals surface area contributed by atoms with Crippen LogP contribution >= 0.6 is 0 Å². The molecule has 0 aliphatic rings. The van der Waals surface area contributed by atoms with Crippen molar-refractivity contribution in [1.29, 1.82) is 0 Å². The lowest BCUT2D eigenvalue weighted by Gasteiger charge is -2.23. The first-order chi connectivity index (χ1) is 10.2. The number of aliphatic hydroxyl groups is 1. The van der Waals surface area contributed by atoms with Crippen LogP contribution in [-0.2, 0) is 0 Å². The maximum atomic E-state index is 10.6. The van der Waals surface area contributed by atoms with E-state index in [9.17, 15) is 10.2 Å². The fourth-order valence-corrected chi connectivity index (χ4v) is 2.31. The molecular formula is C17H20N2O2. The molecule has 0 spiro atoms. The molecule has 110 valence electrons. The maximum Gasteiger partial charge on any atom is 0.116 e. The maximum absolute atomic E-state index is 10.6. The molecule has 21 heavy (non-hydrogen) atoms. The molecule has 2 atom stereocenters. The molecule has 0 amide bonds. The van der Waals surface area contributed by atoms with Crippen LogP contribution in [0.3, 0.4) is 0 Å². The van der Waals surface area contributed by atoms with Crippen LogP contribution in [0, 0.1) is 0 Å². The summed E-state index contributed by atoms with van der Waals surface area (Å²) in [7, 11) is 0. The van der Waals surface area contributed by atoms with Gasteiger partial charge in [-0.2, -0.15) is 0 Å².